The summed E-state index contributed by atoms with van der Waals surface area (Å²) in [5, 5.41) is 10.8. The van der Waals surface area contributed by atoms with E-state index in [2.05, 4.69) is 0 Å². The average Bonchev–Trinajstić information content (AvgIpc) is 2.26. The standard InChI is InChI=1S/C11H14N2O3/c1-3-7-8(4-2)10(13(15)16)6-5-9(7)11(12)14/h5-6H,3-4H2,1-2H3,(H2,12,14). The maximum absolute atomic E-state index is 11.2. The van der Waals surface area contributed by atoms with Gasteiger partial charge in [-0.1, -0.05) is 13.8 Å². The molecular formula is C11H14N2O3. The van der Waals surface area contributed by atoms with Gasteiger partial charge in [0.25, 0.3) is 5.69 Å². The van der Waals surface area contributed by atoms with Crippen LogP contribution in [0.1, 0.15) is 35.3 Å². The molecule has 0 heterocycles. The highest BCUT2D eigenvalue weighted by Gasteiger charge is 2.20. The fourth-order valence-electron chi connectivity index (χ4n) is 1.88. The molecule has 0 saturated carbocycles. The molecule has 0 unspecified atom stereocenters. The van der Waals surface area contributed by atoms with E-state index in [4.69, 9.17) is 5.73 Å². The van der Waals surface area contributed by atoms with Crippen molar-refractivity contribution >= 4 is 11.6 Å². The van der Waals surface area contributed by atoms with Gasteiger partial charge in [-0.25, -0.2) is 0 Å². The minimum absolute atomic E-state index is 0.0596. The van der Waals surface area contributed by atoms with E-state index < -0.39 is 10.8 Å². The summed E-state index contributed by atoms with van der Waals surface area (Å²) in [5.41, 5.74) is 6.96. The van der Waals surface area contributed by atoms with Crippen LogP contribution in [0.5, 0.6) is 0 Å². The van der Waals surface area contributed by atoms with Crippen LogP contribution in [0.15, 0.2) is 12.1 Å². The van der Waals surface area contributed by atoms with Gasteiger partial charge in [0, 0.05) is 17.2 Å². The molecule has 0 fully saturated rings. The second-order valence-corrected chi connectivity index (χ2v) is 3.42. The van der Waals surface area contributed by atoms with Crippen molar-refractivity contribution in [3.8, 4) is 0 Å². The number of nitrogens with two attached hydrogens (primary N) is 1. The van der Waals surface area contributed by atoms with Gasteiger partial charge >= 0.3 is 0 Å². The Morgan fingerprint density at radius 1 is 1.31 bits per heavy atom. The van der Waals surface area contributed by atoms with Gasteiger partial charge in [0.1, 0.15) is 0 Å². The SMILES string of the molecule is CCc1c(C(N)=O)ccc([N+](=O)[O-])c1CC. The summed E-state index contributed by atoms with van der Waals surface area (Å²) in [6, 6.07) is 2.77. The molecule has 0 saturated heterocycles. The Hall–Kier alpha value is -1.91. The van der Waals surface area contributed by atoms with E-state index in [1.54, 1.807) is 0 Å². The van der Waals surface area contributed by atoms with Crippen molar-refractivity contribution in [2.45, 2.75) is 26.7 Å². The molecule has 0 radical (unpaired) electrons. The van der Waals surface area contributed by atoms with Crippen LogP contribution in [-0.4, -0.2) is 10.8 Å². The van der Waals surface area contributed by atoms with Gasteiger partial charge in [0.2, 0.25) is 5.91 Å². The van der Waals surface area contributed by atoms with Gasteiger partial charge in [-0.15, -0.1) is 0 Å². The van der Waals surface area contributed by atoms with E-state index in [1.165, 1.54) is 12.1 Å². The minimum Gasteiger partial charge on any atom is -0.366 e. The highest BCUT2D eigenvalue weighted by Crippen LogP contribution is 2.26. The number of hydrogen-bond donors (Lipinski definition) is 1. The molecule has 5 heteroatoms. The highest BCUT2D eigenvalue weighted by atomic mass is 16.6. The number of primary amides is 1. The predicted molar refractivity (Wildman–Crippen MR) is 60.4 cm³/mol. The third-order valence-corrected chi connectivity index (χ3v) is 2.58. The Morgan fingerprint density at radius 3 is 2.25 bits per heavy atom. The van der Waals surface area contributed by atoms with Crippen molar-refractivity contribution in [1.82, 2.24) is 0 Å². The van der Waals surface area contributed by atoms with Gasteiger partial charge in [-0.3, -0.25) is 14.9 Å². The van der Waals surface area contributed by atoms with Crippen LogP contribution in [0.25, 0.3) is 0 Å². The monoisotopic (exact) mass is 222 g/mol. The van der Waals surface area contributed by atoms with Crippen molar-refractivity contribution in [3.63, 3.8) is 0 Å². The van der Waals surface area contributed by atoms with Crippen LogP contribution in [0.4, 0.5) is 5.69 Å². The van der Waals surface area contributed by atoms with E-state index >= 15 is 0 Å². The predicted octanol–water partition coefficient (Wildman–Crippen LogP) is 1.82. The first kappa shape index (κ1) is 12.2. The van der Waals surface area contributed by atoms with Gasteiger partial charge in [-0.05, 0) is 24.5 Å². The maximum atomic E-state index is 11.2. The van der Waals surface area contributed by atoms with E-state index in [0.29, 0.717) is 29.5 Å². The number of hydrogen-bond acceptors (Lipinski definition) is 3. The number of nitro groups is 1. The van der Waals surface area contributed by atoms with Crippen LogP contribution in [0, 0.1) is 10.1 Å². The molecule has 0 bridgehead atoms. The topological polar surface area (TPSA) is 86.2 Å². The Bertz CT molecular complexity index is 400. The van der Waals surface area contributed by atoms with E-state index in [-0.39, 0.29) is 5.69 Å². The molecule has 1 amide bonds. The minimum atomic E-state index is -0.540. The van der Waals surface area contributed by atoms with Crippen LogP contribution in [-0.2, 0) is 12.8 Å². The van der Waals surface area contributed by atoms with Crippen molar-refractivity contribution in [3.05, 3.63) is 38.9 Å². The summed E-state index contributed by atoms with van der Waals surface area (Å²) in [6.07, 6.45) is 1.07. The van der Waals surface area contributed by atoms with Gasteiger partial charge < -0.3 is 5.73 Å². The molecule has 86 valence electrons. The summed E-state index contributed by atoms with van der Waals surface area (Å²) in [7, 11) is 0. The number of nitrogens with zero attached hydrogens (tertiary/aromatic N) is 1. The molecule has 16 heavy (non-hydrogen) atoms. The number of benzene rings is 1. The van der Waals surface area contributed by atoms with E-state index in [1.807, 2.05) is 13.8 Å². The molecule has 2 N–H and O–H groups in total. The zero-order valence-corrected chi connectivity index (χ0v) is 9.32. The van der Waals surface area contributed by atoms with Crippen LogP contribution < -0.4 is 5.73 Å². The Labute approximate surface area is 93.4 Å². The zero-order chi connectivity index (χ0) is 12.3. The average molecular weight is 222 g/mol. The molecular weight excluding hydrogens is 208 g/mol. The third-order valence-electron chi connectivity index (χ3n) is 2.58. The van der Waals surface area contributed by atoms with Crippen LogP contribution >= 0.6 is 0 Å². The first-order valence-electron chi connectivity index (χ1n) is 5.11. The second-order valence-electron chi connectivity index (χ2n) is 3.42. The third kappa shape index (κ3) is 2.03. The normalized spacial score (nSPS) is 10.1. The summed E-state index contributed by atoms with van der Waals surface area (Å²) in [4.78, 5) is 21.6. The van der Waals surface area contributed by atoms with Crippen molar-refractivity contribution in [2.24, 2.45) is 5.73 Å². The fraction of sp³-hybridized carbons (Fsp3) is 0.364. The molecule has 0 spiro atoms. The van der Waals surface area contributed by atoms with Crippen LogP contribution in [0.3, 0.4) is 0 Å². The summed E-state index contributed by atoms with van der Waals surface area (Å²) < 4.78 is 0. The molecule has 5 nitrogen and oxygen atoms in total. The van der Waals surface area contributed by atoms with E-state index in [9.17, 15) is 14.9 Å². The Morgan fingerprint density at radius 2 is 1.88 bits per heavy atom. The first-order chi connectivity index (χ1) is 7.52. The summed E-state index contributed by atoms with van der Waals surface area (Å²) in [6.45, 7) is 3.68. The quantitative estimate of drug-likeness (QED) is 0.622. The molecule has 0 atom stereocenters. The number of carbonyl (C=O) groups is 1. The number of rotatable bonds is 4. The molecule has 0 aliphatic carbocycles. The second kappa shape index (κ2) is 4.74. The smallest absolute Gasteiger partial charge is 0.272 e. The van der Waals surface area contributed by atoms with Crippen molar-refractivity contribution < 1.29 is 9.72 Å². The van der Waals surface area contributed by atoms with Gasteiger partial charge in [0.05, 0.1) is 4.92 Å². The van der Waals surface area contributed by atoms with Gasteiger partial charge in [-0.2, -0.15) is 0 Å². The zero-order valence-electron chi connectivity index (χ0n) is 9.32. The number of nitro benzene ring substituents is 1. The summed E-state index contributed by atoms with van der Waals surface area (Å²) in [5.74, 6) is -0.540. The summed E-state index contributed by atoms with van der Waals surface area (Å²) >= 11 is 0. The molecule has 1 rings (SSSR count). The lowest BCUT2D eigenvalue weighted by atomic mass is 9.95. The van der Waals surface area contributed by atoms with Crippen molar-refractivity contribution in [1.29, 1.82) is 0 Å². The molecule has 1 aromatic rings. The lowest BCUT2D eigenvalue weighted by Gasteiger charge is -2.10. The first-order valence-corrected chi connectivity index (χ1v) is 5.11. The Balaban J connectivity index is 3.52. The highest BCUT2D eigenvalue weighted by molar-refractivity contribution is 5.95. The fourth-order valence-corrected chi connectivity index (χ4v) is 1.88. The lowest BCUT2D eigenvalue weighted by Crippen LogP contribution is -2.15. The lowest BCUT2D eigenvalue weighted by molar-refractivity contribution is -0.385. The molecule has 0 aliphatic rings. The number of amides is 1. The van der Waals surface area contributed by atoms with Crippen molar-refractivity contribution in [2.75, 3.05) is 0 Å². The van der Waals surface area contributed by atoms with E-state index in [0.717, 1.165) is 0 Å². The Kier molecular flexibility index (Phi) is 3.60. The molecule has 0 aromatic heterocycles. The number of carbonyl (C=O) groups excluding carboxylic acids is 1. The van der Waals surface area contributed by atoms with Crippen LogP contribution in [0.2, 0.25) is 0 Å². The largest absolute Gasteiger partial charge is 0.366 e. The molecule has 0 aliphatic heterocycles. The molecule has 1 aromatic carbocycles. The maximum Gasteiger partial charge on any atom is 0.272 e. The van der Waals surface area contributed by atoms with Gasteiger partial charge in [0.15, 0.2) is 0 Å².